The number of rotatable bonds is 9. The van der Waals surface area contributed by atoms with Gasteiger partial charge in [-0.3, -0.25) is 4.57 Å². The van der Waals surface area contributed by atoms with Crippen LogP contribution >= 0.6 is 0 Å². The fourth-order valence-corrected chi connectivity index (χ4v) is 10.8. The minimum absolute atomic E-state index is 0.00298. The maximum Gasteiger partial charge on any atom is 0.225 e. The van der Waals surface area contributed by atoms with Crippen LogP contribution in [0, 0.1) is 6.67 Å². The van der Waals surface area contributed by atoms with Crippen LogP contribution in [0.25, 0.3) is 49.9 Å². The Morgan fingerprint density at radius 1 is 0.493 bits per heavy atom. The fourth-order valence-electron chi connectivity index (χ4n) is 10.8. The maximum absolute atomic E-state index is 7.11. The topological polar surface area (TPSA) is 27.1 Å². The molecule has 9 aromatic rings. The Morgan fingerprint density at radius 3 is 1.87 bits per heavy atom. The zero-order valence-corrected chi connectivity index (χ0v) is 40.6. The van der Waals surface area contributed by atoms with Crippen molar-refractivity contribution < 1.29 is 4.74 Å². The first-order valence-corrected chi connectivity index (χ1v) is 24.0. The predicted molar refractivity (Wildman–Crippen MR) is 282 cm³/mol. The van der Waals surface area contributed by atoms with Gasteiger partial charge in [0.05, 0.1) is 11.0 Å². The number of aromatic nitrogens is 2. The molecule has 0 amide bonds. The quantitative estimate of drug-likeness (QED) is 0.0821. The van der Waals surface area contributed by atoms with Crippen molar-refractivity contribution in [2.24, 2.45) is 0 Å². The van der Waals surface area contributed by atoms with Crippen LogP contribution in [0.1, 0.15) is 103 Å². The van der Waals surface area contributed by atoms with Gasteiger partial charge in [-0.2, -0.15) is 9.18 Å². The van der Waals surface area contributed by atoms with E-state index < -0.39 is 0 Å². The number of hydrogen-bond acceptors (Lipinski definition) is 2. The molecule has 7 aromatic carbocycles. The van der Waals surface area contributed by atoms with E-state index in [0.717, 1.165) is 50.6 Å². The van der Waals surface area contributed by atoms with Gasteiger partial charge in [0.15, 0.2) is 18.0 Å². The van der Waals surface area contributed by atoms with Gasteiger partial charge in [-0.15, -0.1) is 0 Å². The van der Waals surface area contributed by atoms with Gasteiger partial charge in [0.1, 0.15) is 17.3 Å². The molecule has 0 radical (unpaired) electrons. The van der Waals surface area contributed by atoms with E-state index in [1.54, 1.807) is 0 Å². The van der Waals surface area contributed by atoms with E-state index in [0.29, 0.717) is 21.0 Å². The number of pyridine rings is 1. The molecule has 0 saturated carbocycles. The summed E-state index contributed by atoms with van der Waals surface area (Å²) in [6.45, 7) is 25.4. The summed E-state index contributed by atoms with van der Waals surface area (Å²) in [4.78, 5) is 4.94. The molecular weight excluding hydrogens is 817 g/mol. The van der Waals surface area contributed by atoms with E-state index in [2.05, 4.69) is 244 Å². The van der Waals surface area contributed by atoms with Crippen molar-refractivity contribution in [3.8, 4) is 39.6 Å². The standard InChI is InChI=1S/C62H61N4O/c1-40(2)51-23-17-24-52(41(3)4)60(51)43-20-16-21-47(32-43)65-39-66(65,57-29-26-45(35-58(57)65)61(5,6)7)48-33-44(42-18-12-11-13-19-42)34-50(37-48)67-49-27-28-54-53-22-14-15-25-55(53)64(56(54)38-49)59-36-46(30-31-63-59)62(8,9)10/h11-41H,1-10H3/q+1/t65-,66?/m0/s1. The lowest BCUT2D eigenvalue weighted by molar-refractivity contribution is 0.422. The van der Waals surface area contributed by atoms with E-state index >= 15 is 0 Å². The molecule has 2 aliphatic heterocycles. The summed E-state index contributed by atoms with van der Waals surface area (Å²) in [6, 6.07) is 60.5. The average molecular weight is 878 g/mol. The Bertz CT molecular complexity index is 3370. The second-order valence-corrected chi connectivity index (χ2v) is 21.5. The van der Waals surface area contributed by atoms with Gasteiger partial charge in [-0.05, 0) is 104 Å². The molecule has 5 heteroatoms. The molecule has 67 heavy (non-hydrogen) atoms. The van der Waals surface area contributed by atoms with Crippen molar-refractivity contribution in [3.05, 3.63) is 199 Å². The molecule has 2 aliphatic rings. The Kier molecular flexibility index (Phi) is 9.83. The van der Waals surface area contributed by atoms with E-state index in [1.807, 2.05) is 6.20 Å². The highest BCUT2D eigenvalue weighted by Crippen LogP contribution is 2.76. The normalized spacial score (nSPS) is 17.7. The predicted octanol–water partition coefficient (Wildman–Crippen LogP) is 17.5. The summed E-state index contributed by atoms with van der Waals surface area (Å²) in [6.07, 6.45) is 1.94. The molecule has 1 saturated heterocycles. The van der Waals surface area contributed by atoms with Gasteiger partial charge in [-0.25, -0.2) is 4.98 Å². The van der Waals surface area contributed by atoms with Gasteiger partial charge in [0.25, 0.3) is 0 Å². The largest absolute Gasteiger partial charge is 0.457 e. The first-order chi connectivity index (χ1) is 32.1. The molecule has 0 bridgehead atoms. The smallest absolute Gasteiger partial charge is 0.225 e. The lowest BCUT2D eigenvalue weighted by atomic mass is 9.84. The van der Waals surface area contributed by atoms with Gasteiger partial charge in [0, 0.05) is 59.4 Å². The van der Waals surface area contributed by atoms with E-state index in [9.17, 15) is 0 Å². The minimum Gasteiger partial charge on any atom is -0.457 e. The fraction of sp³-hybridized carbons (Fsp3) is 0.226. The monoisotopic (exact) mass is 877 g/mol. The SMILES string of the molecule is CC(C)c1cccc(C(C)C)c1-c1cccc([N@+]23[CH-][N+]2(c2cc(Oc4ccc5c6ccccc6n(-c6cc(C(C)(C)C)ccn6)c5c4)cc(-c4ccccc4)c2)c2ccc(C(C)(C)C)cc23)c1. The molecule has 2 aromatic heterocycles. The van der Waals surface area contributed by atoms with Crippen molar-refractivity contribution >= 4 is 44.6 Å². The zero-order valence-electron chi connectivity index (χ0n) is 40.6. The van der Waals surface area contributed by atoms with Crippen LogP contribution in [-0.2, 0) is 10.8 Å². The van der Waals surface area contributed by atoms with Crippen LogP contribution in [-0.4, -0.2) is 9.55 Å². The van der Waals surface area contributed by atoms with Crippen molar-refractivity contribution in [3.63, 3.8) is 0 Å². The Balaban J connectivity index is 1.08. The zero-order chi connectivity index (χ0) is 46.6. The van der Waals surface area contributed by atoms with Gasteiger partial charge in [-0.1, -0.05) is 154 Å². The summed E-state index contributed by atoms with van der Waals surface area (Å²) in [5.41, 5.74) is 17.4. The molecule has 1 unspecified atom stereocenters. The minimum atomic E-state index is -0.0192. The second kappa shape index (κ2) is 15.4. The van der Waals surface area contributed by atoms with E-state index in [4.69, 9.17) is 9.72 Å². The summed E-state index contributed by atoms with van der Waals surface area (Å²) >= 11 is 0. The molecule has 5 nitrogen and oxygen atoms in total. The number of para-hydroxylation sites is 1. The average Bonchev–Trinajstić information content (AvgIpc) is 3.81. The highest BCUT2D eigenvalue weighted by atomic mass is 16.5. The molecule has 4 heterocycles. The number of nitrogens with zero attached hydrogens (tertiary/aromatic N) is 4. The molecule has 11 rings (SSSR count). The number of hydrogen-bond donors (Lipinski definition) is 0. The highest BCUT2D eigenvalue weighted by Gasteiger charge is 2.78. The Hall–Kier alpha value is -6.79. The molecular formula is C62H61N4O+. The highest BCUT2D eigenvalue weighted by molar-refractivity contribution is 6.09. The van der Waals surface area contributed by atoms with Crippen molar-refractivity contribution in [2.45, 2.75) is 91.9 Å². The second-order valence-electron chi connectivity index (χ2n) is 21.5. The first-order valence-electron chi connectivity index (χ1n) is 24.0. The molecule has 334 valence electrons. The van der Waals surface area contributed by atoms with Crippen LogP contribution in [0.15, 0.2) is 170 Å². The Morgan fingerprint density at radius 2 is 1.13 bits per heavy atom. The number of quaternary nitrogens is 2. The first kappa shape index (κ1) is 42.8. The van der Waals surface area contributed by atoms with Crippen molar-refractivity contribution in [2.75, 3.05) is 0 Å². The third-order valence-electron chi connectivity index (χ3n) is 14.4. The molecule has 0 spiro atoms. The van der Waals surface area contributed by atoms with Crippen LogP contribution in [0.3, 0.4) is 0 Å². The van der Waals surface area contributed by atoms with E-state index in [-0.39, 0.29) is 10.8 Å². The summed E-state index contributed by atoms with van der Waals surface area (Å²) in [7, 11) is 0. The lowest BCUT2D eigenvalue weighted by Gasteiger charge is -2.41. The van der Waals surface area contributed by atoms with Crippen LogP contribution in [0.4, 0.5) is 22.7 Å². The number of benzene rings is 7. The van der Waals surface area contributed by atoms with Gasteiger partial charge in [0.2, 0.25) is 11.4 Å². The summed E-state index contributed by atoms with van der Waals surface area (Å²) < 4.78 is 10.6. The Labute approximate surface area is 396 Å². The molecule has 0 aliphatic carbocycles. The van der Waals surface area contributed by atoms with Crippen molar-refractivity contribution in [1.82, 2.24) is 18.7 Å². The summed E-state index contributed by atoms with van der Waals surface area (Å²) in [5, 5.41) is 2.35. The third-order valence-corrected chi connectivity index (χ3v) is 14.4. The maximum atomic E-state index is 7.11. The lowest BCUT2D eigenvalue weighted by Crippen LogP contribution is -2.46. The van der Waals surface area contributed by atoms with Gasteiger partial charge >= 0.3 is 0 Å². The van der Waals surface area contributed by atoms with E-state index in [1.165, 1.54) is 55.8 Å². The summed E-state index contributed by atoms with van der Waals surface area (Å²) in [5.74, 6) is 3.25. The van der Waals surface area contributed by atoms with Crippen molar-refractivity contribution in [1.29, 1.82) is 0 Å². The van der Waals surface area contributed by atoms with Crippen LogP contribution < -0.4 is 13.9 Å². The number of fused-ring (bicyclic) bond motifs is 7. The number of ether oxygens (including phenoxy) is 1. The molecule has 1 fully saturated rings. The van der Waals surface area contributed by atoms with Gasteiger partial charge < -0.3 is 4.74 Å². The van der Waals surface area contributed by atoms with Crippen LogP contribution in [0.2, 0.25) is 0 Å². The third kappa shape index (κ3) is 6.77. The molecule has 0 N–H and O–H groups in total. The molecule has 2 atom stereocenters. The van der Waals surface area contributed by atoms with Crippen LogP contribution in [0.5, 0.6) is 11.5 Å².